The third kappa shape index (κ3) is 4.93. The summed E-state index contributed by atoms with van der Waals surface area (Å²) in [7, 11) is 0. The van der Waals surface area contributed by atoms with Crippen molar-refractivity contribution in [2.75, 3.05) is 44.6 Å². The highest BCUT2D eigenvalue weighted by Gasteiger charge is 2.25. The molecule has 3 rings (SSSR count). The minimum absolute atomic E-state index is 0.324. The largest absolute Gasteiger partial charge is 0.370 e. The standard InChI is InChI=1S/C18H28N4O/c23-18(22-10-5-1-2-6-11-22)15-21-12-8-16(14-21)13-20-17-7-3-4-9-19-17/h3-4,7,9,16H,1-2,5-6,8,10-15H2,(H,19,20)/t16-/m1/s1. The first-order valence-corrected chi connectivity index (χ1v) is 8.96. The molecule has 3 heterocycles. The van der Waals surface area contributed by atoms with Crippen LogP contribution in [0.1, 0.15) is 32.1 Å². The van der Waals surface area contributed by atoms with E-state index in [4.69, 9.17) is 0 Å². The number of nitrogens with zero attached hydrogens (tertiary/aromatic N) is 3. The van der Waals surface area contributed by atoms with Crippen molar-refractivity contribution in [2.24, 2.45) is 5.92 Å². The molecule has 0 bridgehead atoms. The summed E-state index contributed by atoms with van der Waals surface area (Å²) in [5.74, 6) is 1.87. The van der Waals surface area contributed by atoms with Gasteiger partial charge < -0.3 is 10.2 Å². The maximum absolute atomic E-state index is 12.5. The Balaban J connectivity index is 1.40. The number of anilines is 1. The number of nitrogens with one attached hydrogen (secondary N) is 1. The van der Waals surface area contributed by atoms with Crippen LogP contribution in [0.5, 0.6) is 0 Å². The van der Waals surface area contributed by atoms with E-state index in [1.807, 2.05) is 24.4 Å². The smallest absolute Gasteiger partial charge is 0.236 e. The van der Waals surface area contributed by atoms with Crippen LogP contribution in [0, 0.1) is 5.92 Å². The monoisotopic (exact) mass is 316 g/mol. The second-order valence-corrected chi connectivity index (χ2v) is 6.78. The lowest BCUT2D eigenvalue weighted by atomic mass is 10.1. The molecule has 2 saturated heterocycles. The summed E-state index contributed by atoms with van der Waals surface area (Å²) in [5, 5.41) is 3.40. The topological polar surface area (TPSA) is 48.5 Å². The molecule has 5 nitrogen and oxygen atoms in total. The van der Waals surface area contributed by atoms with Gasteiger partial charge in [-0.1, -0.05) is 18.9 Å². The molecule has 0 saturated carbocycles. The van der Waals surface area contributed by atoms with E-state index in [9.17, 15) is 4.79 Å². The molecule has 2 fully saturated rings. The molecule has 2 aliphatic rings. The van der Waals surface area contributed by atoms with E-state index in [1.54, 1.807) is 0 Å². The van der Waals surface area contributed by atoms with Gasteiger partial charge in [-0.05, 0) is 43.9 Å². The normalized spacial score (nSPS) is 22.8. The number of hydrogen-bond donors (Lipinski definition) is 1. The molecule has 0 radical (unpaired) electrons. The molecule has 1 aromatic rings. The zero-order valence-electron chi connectivity index (χ0n) is 13.9. The van der Waals surface area contributed by atoms with Gasteiger partial charge in [-0.15, -0.1) is 0 Å². The quantitative estimate of drug-likeness (QED) is 0.905. The number of carbonyl (C=O) groups is 1. The third-order valence-electron chi connectivity index (χ3n) is 4.92. The van der Waals surface area contributed by atoms with Crippen molar-refractivity contribution in [3.05, 3.63) is 24.4 Å². The molecule has 126 valence electrons. The Bertz CT molecular complexity index is 485. The van der Waals surface area contributed by atoms with Crippen molar-refractivity contribution in [3.8, 4) is 0 Å². The number of hydrogen-bond acceptors (Lipinski definition) is 4. The molecule has 1 aromatic heterocycles. The minimum atomic E-state index is 0.324. The third-order valence-corrected chi connectivity index (χ3v) is 4.92. The second kappa shape index (κ2) is 8.29. The van der Waals surface area contributed by atoms with Crippen LogP contribution in [0.4, 0.5) is 5.82 Å². The van der Waals surface area contributed by atoms with Gasteiger partial charge in [0.15, 0.2) is 0 Å². The lowest BCUT2D eigenvalue weighted by Gasteiger charge is -2.24. The maximum atomic E-state index is 12.5. The van der Waals surface area contributed by atoms with Gasteiger partial charge in [0.25, 0.3) is 0 Å². The van der Waals surface area contributed by atoms with Crippen LogP contribution in [-0.2, 0) is 4.79 Å². The number of likely N-dealkylation sites (tertiary alicyclic amines) is 2. The molecule has 1 amide bonds. The minimum Gasteiger partial charge on any atom is -0.370 e. The summed E-state index contributed by atoms with van der Waals surface area (Å²) in [5.41, 5.74) is 0. The average Bonchev–Trinajstić information content (AvgIpc) is 2.84. The number of rotatable bonds is 5. The predicted octanol–water partition coefficient (Wildman–Crippen LogP) is 2.22. The van der Waals surface area contributed by atoms with Crippen LogP contribution in [0.25, 0.3) is 0 Å². The van der Waals surface area contributed by atoms with Crippen LogP contribution in [0.15, 0.2) is 24.4 Å². The van der Waals surface area contributed by atoms with Crippen LogP contribution in [0.2, 0.25) is 0 Å². The number of amides is 1. The summed E-state index contributed by atoms with van der Waals surface area (Å²) in [6.07, 6.45) is 7.85. The first kappa shape index (κ1) is 16.2. The average molecular weight is 316 g/mol. The van der Waals surface area contributed by atoms with E-state index in [2.05, 4.69) is 20.1 Å². The molecule has 0 unspecified atom stereocenters. The molecular formula is C18H28N4O. The molecular weight excluding hydrogens is 288 g/mol. The Hall–Kier alpha value is -1.62. The van der Waals surface area contributed by atoms with E-state index in [1.165, 1.54) is 25.7 Å². The van der Waals surface area contributed by atoms with Gasteiger partial charge in [0.05, 0.1) is 6.54 Å². The molecule has 0 aliphatic carbocycles. The van der Waals surface area contributed by atoms with E-state index in [-0.39, 0.29) is 0 Å². The first-order chi connectivity index (χ1) is 11.3. The Kier molecular flexibility index (Phi) is 5.86. The molecule has 0 aromatic carbocycles. The van der Waals surface area contributed by atoms with Gasteiger partial charge in [0, 0.05) is 32.4 Å². The van der Waals surface area contributed by atoms with E-state index < -0.39 is 0 Å². The summed E-state index contributed by atoms with van der Waals surface area (Å²) < 4.78 is 0. The van der Waals surface area contributed by atoms with Crippen molar-refractivity contribution >= 4 is 11.7 Å². The van der Waals surface area contributed by atoms with Crippen LogP contribution in [0.3, 0.4) is 0 Å². The molecule has 1 atom stereocenters. The molecule has 0 spiro atoms. The summed E-state index contributed by atoms with van der Waals surface area (Å²) in [6.45, 7) is 5.49. The van der Waals surface area contributed by atoms with E-state index in [0.717, 1.165) is 45.0 Å². The lowest BCUT2D eigenvalue weighted by molar-refractivity contribution is -0.132. The summed E-state index contributed by atoms with van der Waals surface area (Å²) in [6, 6.07) is 5.92. The van der Waals surface area contributed by atoms with Crippen LogP contribution >= 0.6 is 0 Å². The van der Waals surface area contributed by atoms with Crippen molar-refractivity contribution in [3.63, 3.8) is 0 Å². The van der Waals surface area contributed by atoms with E-state index >= 15 is 0 Å². The highest BCUT2D eigenvalue weighted by atomic mass is 16.2. The fourth-order valence-corrected chi connectivity index (χ4v) is 3.55. The van der Waals surface area contributed by atoms with Crippen LogP contribution < -0.4 is 5.32 Å². The Morgan fingerprint density at radius 3 is 2.74 bits per heavy atom. The van der Waals surface area contributed by atoms with Crippen molar-refractivity contribution < 1.29 is 4.79 Å². The zero-order chi connectivity index (χ0) is 15.9. The van der Waals surface area contributed by atoms with Gasteiger partial charge in [0.1, 0.15) is 5.82 Å². The Labute approximate surface area is 139 Å². The Morgan fingerprint density at radius 1 is 1.17 bits per heavy atom. The number of pyridine rings is 1. The fraction of sp³-hybridized carbons (Fsp3) is 0.667. The van der Waals surface area contributed by atoms with Crippen molar-refractivity contribution in [2.45, 2.75) is 32.1 Å². The van der Waals surface area contributed by atoms with Gasteiger partial charge >= 0.3 is 0 Å². The summed E-state index contributed by atoms with van der Waals surface area (Å²) in [4.78, 5) is 21.1. The van der Waals surface area contributed by atoms with Crippen molar-refractivity contribution in [1.82, 2.24) is 14.8 Å². The summed E-state index contributed by atoms with van der Waals surface area (Å²) >= 11 is 0. The second-order valence-electron chi connectivity index (χ2n) is 6.78. The van der Waals surface area contributed by atoms with Crippen molar-refractivity contribution in [1.29, 1.82) is 0 Å². The highest BCUT2D eigenvalue weighted by Crippen LogP contribution is 2.17. The number of aromatic nitrogens is 1. The predicted molar refractivity (Wildman–Crippen MR) is 92.3 cm³/mol. The zero-order valence-corrected chi connectivity index (χ0v) is 13.9. The van der Waals surface area contributed by atoms with Gasteiger partial charge in [-0.25, -0.2) is 4.98 Å². The van der Waals surface area contributed by atoms with Crippen LogP contribution in [-0.4, -0.2) is 60.0 Å². The van der Waals surface area contributed by atoms with E-state index in [0.29, 0.717) is 18.4 Å². The molecule has 23 heavy (non-hydrogen) atoms. The molecule has 2 aliphatic heterocycles. The Morgan fingerprint density at radius 2 is 2.00 bits per heavy atom. The SMILES string of the molecule is O=C(CN1CC[C@H](CNc2ccccn2)C1)N1CCCCCC1. The number of carbonyl (C=O) groups excluding carboxylic acids is 1. The fourth-order valence-electron chi connectivity index (χ4n) is 3.55. The van der Waals surface area contributed by atoms with Gasteiger partial charge in [-0.2, -0.15) is 0 Å². The highest BCUT2D eigenvalue weighted by molar-refractivity contribution is 5.78. The molecule has 5 heteroatoms. The van der Waals surface area contributed by atoms with Gasteiger partial charge in [0.2, 0.25) is 5.91 Å². The first-order valence-electron chi connectivity index (χ1n) is 8.96. The lowest BCUT2D eigenvalue weighted by Crippen LogP contribution is -2.40. The van der Waals surface area contributed by atoms with Gasteiger partial charge in [-0.3, -0.25) is 9.69 Å². The molecule has 1 N–H and O–H groups in total. The maximum Gasteiger partial charge on any atom is 0.236 e.